The van der Waals surface area contributed by atoms with Crippen LogP contribution in [0.2, 0.25) is 0 Å². The number of thioether (sulfide) groups is 1. The number of rotatable bonds is 5. The van der Waals surface area contributed by atoms with Crippen LogP contribution in [0.25, 0.3) is 0 Å². The summed E-state index contributed by atoms with van der Waals surface area (Å²) < 4.78 is 5.18. The number of benzene rings is 2. The second-order valence-electron chi connectivity index (χ2n) is 4.03. The third kappa shape index (κ3) is 3.76. The Kier molecular flexibility index (Phi) is 4.47. The van der Waals surface area contributed by atoms with Crippen molar-refractivity contribution in [1.29, 1.82) is 0 Å². The van der Waals surface area contributed by atoms with Gasteiger partial charge in [0.2, 0.25) is 5.91 Å². The summed E-state index contributed by atoms with van der Waals surface area (Å²) in [4.78, 5) is 12.2. The average Bonchev–Trinajstić information content (AvgIpc) is 2.45. The number of methoxy groups -OCH3 is 1. The maximum absolute atomic E-state index is 11.1. The zero-order chi connectivity index (χ0) is 13.7. The summed E-state index contributed by atoms with van der Waals surface area (Å²) in [5, 5.41) is 0. The third-order valence-electron chi connectivity index (χ3n) is 2.66. The Morgan fingerprint density at radius 2 is 2.00 bits per heavy atom. The highest BCUT2D eigenvalue weighted by molar-refractivity contribution is 7.98. The van der Waals surface area contributed by atoms with Gasteiger partial charge in [-0.25, -0.2) is 0 Å². The molecular formula is C15H15NO2S. The Morgan fingerprint density at radius 3 is 2.74 bits per heavy atom. The average molecular weight is 273 g/mol. The largest absolute Gasteiger partial charge is 0.497 e. The van der Waals surface area contributed by atoms with Gasteiger partial charge in [-0.2, -0.15) is 0 Å². The Bertz CT molecular complexity index is 584. The van der Waals surface area contributed by atoms with Gasteiger partial charge in [0.1, 0.15) is 5.75 Å². The van der Waals surface area contributed by atoms with Crippen LogP contribution >= 0.6 is 11.8 Å². The lowest BCUT2D eigenvalue weighted by molar-refractivity contribution is 0.1000. The number of hydrogen-bond acceptors (Lipinski definition) is 3. The number of hydrogen-bond donors (Lipinski definition) is 1. The van der Waals surface area contributed by atoms with Crippen LogP contribution in [-0.2, 0) is 5.75 Å². The molecule has 0 aliphatic rings. The molecule has 2 rings (SSSR count). The van der Waals surface area contributed by atoms with E-state index in [0.717, 1.165) is 22.0 Å². The van der Waals surface area contributed by atoms with Crippen LogP contribution in [0.3, 0.4) is 0 Å². The molecule has 1 amide bonds. The molecular weight excluding hydrogens is 258 g/mol. The molecule has 19 heavy (non-hydrogen) atoms. The molecule has 2 N–H and O–H groups in total. The van der Waals surface area contributed by atoms with E-state index < -0.39 is 5.91 Å². The van der Waals surface area contributed by atoms with Crippen molar-refractivity contribution in [2.75, 3.05) is 7.11 Å². The normalized spacial score (nSPS) is 10.2. The van der Waals surface area contributed by atoms with Gasteiger partial charge in [0.25, 0.3) is 0 Å². The number of amides is 1. The lowest BCUT2D eigenvalue weighted by atomic mass is 10.1. The van der Waals surface area contributed by atoms with Gasteiger partial charge < -0.3 is 10.5 Å². The zero-order valence-electron chi connectivity index (χ0n) is 10.6. The summed E-state index contributed by atoms with van der Waals surface area (Å²) in [6.45, 7) is 0. The minimum absolute atomic E-state index is 0.395. The van der Waals surface area contributed by atoms with E-state index in [2.05, 4.69) is 0 Å². The first kappa shape index (κ1) is 13.5. The van der Waals surface area contributed by atoms with E-state index >= 15 is 0 Å². The van der Waals surface area contributed by atoms with Crippen molar-refractivity contribution >= 4 is 17.7 Å². The first-order valence-corrected chi connectivity index (χ1v) is 6.83. The number of primary amides is 1. The maximum Gasteiger partial charge on any atom is 0.248 e. The van der Waals surface area contributed by atoms with E-state index in [4.69, 9.17) is 10.5 Å². The van der Waals surface area contributed by atoms with Crippen LogP contribution in [-0.4, -0.2) is 13.0 Å². The highest BCUT2D eigenvalue weighted by Crippen LogP contribution is 2.26. The zero-order valence-corrected chi connectivity index (χ0v) is 11.4. The molecule has 4 heteroatoms. The van der Waals surface area contributed by atoms with Gasteiger partial charge in [0.05, 0.1) is 7.11 Å². The fourth-order valence-corrected chi connectivity index (χ4v) is 2.56. The van der Waals surface area contributed by atoms with Crippen LogP contribution in [0.5, 0.6) is 5.75 Å². The maximum atomic E-state index is 11.1. The van der Waals surface area contributed by atoms with Gasteiger partial charge in [-0.1, -0.05) is 18.2 Å². The van der Waals surface area contributed by atoms with Crippen molar-refractivity contribution in [2.24, 2.45) is 5.73 Å². The first-order valence-electron chi connectivity index (χ1n) is 5.84. The SMILES string of the molecule is COc1cccc(SCc2cccc(C(N)=O)c2)c1. The second-order valence-corrected chi connectivity index (χ2v) is 5.08. The molecule has 0 aliphatic carbocycles. The molecule has 0 fully saturated rings. The molecule has 0 radical (unpaired) electrons. The molecule has 2 aromatic rings. The van der Waals surface area contributed by atoms with E-state index in [1.807, 2.05) is 42.5 Å². The standard InChI is InChI=1S/C15H15NO2S/c1-18-13-6-3-7-14(9-13)19-10-11-4-2-5-12(8-11)15(16)17/h2-9H,10H2,1H3,(H2,16,17). The predicted octanol–water partition coefficient (Wildman–Crippen LogP) is 3.09. The molecule has 0 spiro atoms. The summed E-state index contributed by atoms with van der Waals surface area (Å²) in [6, 6.07) is 15.3. The fourth-order valence-electron chi connectivity index (χ4n) is 1.67. The van der Waals surface area contributed by atoms with Crippen LogP contribution in [0.15, 0.2) is 53.4 Å². The molecule has 0 bridgehead atoms. The van der Waals surface area contributed by atoms with Crippen LogP contribution < -0.4 is 10.5 Å². The molecule has 0 aliphatic heterocycles. The van der Waals surface area contributed by atoms with E-state index in [9.17, 15) is 4.79 Å². The van der Waals surface area contributed by atoms with Crippen LogP contribution in [0, 0.1) is 0 Å². The van der Waals surface area contributed by atoms with E-state index in [1.54, 1.807) is 24.9 Å². The quantitative estimate of drug-likeness (QED) is 0.852. The lowest BCUT2D eigenvalue weighted by Crippen LogP contribution is -2.10. The van der Waals surface area contributed by atoms with Gasteiger partial charge in [-0.3, -0.25) is 4.79 Å². The minimum atomic E-state index is -0.395. The molecule has 0 aromatic heterocycles. The number of carbonyl (C=O) groups excluding carboxylic acids is 1. The monoisotopic (exact) mass is 273 g/mol. The number of carbonyl (C=O) groups is 1. The van der Waals surface area contributed by atoms with Crippen molar-refractivity contribution in [1.82, 2.24) is 0 Å². The summed E-state index contributed by atoms with van der Waals surface area (Å²) in [5.74, 6) is 1.23. The summed E-state index contributed by atoms with van der Waals surface area (Å²) in [5.41, 5.74) is 6.88. The van der Waals surface area contributed by atoms with Gasteiger partial charge in [-0.05, 0) is 35.9 Å². The topological polar surface area (TPSA) is 52.3 Å². The third-order valence-corrected chi connectivity index (χ3v) is 3.72. The molecule has 0 saturated carbocycles. The van der Waals surface area contributed by atoms with Crippen molar-refractivity contribution in [3.63, 3.8) is 0 Å². The van der Waals surface area contributed by atoms with E-state index in [1.165, 1.54) is 0 Å². The van der Waals surface area contributed by atoms with Gasteiger partial charge >= 0.3 is 0 Å². The van der Waals surface area contributed by atoms with Crippen molar-refractivity contribution in [2.45, 2.75) is 10.6 Å². The Morgan fingerprint density at radius 1 is 1.21 bits per heavy atom. The first-order chi connectivity index (χ1) is 9.19. The molecule has 0 heterocycles. The molecule has 0 atom stereocenters. The Labute approximate surface area is 116 Å². The molecule has 98 valence electrons. The molecule has 2 aromatic carbocycles. The highest BCUT2D eigenvalue weighted by atomic mass is 32.2. The van der Waals surface area contributed by atoms with Gasteiger partial charge in [0, 0.05) is 16.2 Å². The van der Waals surface area contributed by atoms with E-state index in [-0.39, 0.29) is 0 Å². The highest BCUT2D eigenvalue weighted by Gasteiger charge is 2.02. The summed E-state index contributed by atoms with van der Waals surface area (Å²) in [6.07, 6.45) is 0. The van der Waals surface area contributed by atoms with E-state index in [0.29, 0.717) is 5.56 Å². The second kappa shape index (κ2) is 6.29. The smallest absolute Gasteiger partial charge is 0.248 e. The summed E-state index contributed by atoms with van der Waals surface area (Å²) >= 11 is 1.69. The van der Waals surface area contributed by atoms with Crippen molar-refractivity contribution < 1.29 is 9.53 Å². The van der Waals surface area contributed by atoms with Gasteiger partial charge in [0.15, 0.2) is 0 Å². The molecule has 0 unspecified atom stereocenters. The van der Waals surface area contributed by atoms with Crippen molar-refractivity contribution in [3.8, 4) is 5.75 Å². The Balaban J connectivity index is 2.05. The number of nitrogens with two attached hydrogens (primary N) is 1. The van der Waals surface area contributed by atoms with Crippen LogP contribution in [0.1, 0.15) is 15.9 Å². The predicted molar refractivity (Wildman–Crippen MR) is 77.5 cm³/mol. The lowest BCUT2D eigenvalue weighted by Gasteiger charge is -2.05. The fraction of sp³-hybridized carbons (Fsp3) is 0.133. The minimum Gasteiger partial charge on any atom is -0.497 e. The van der Waals surface area contributed by atoms with Gasteiger partial charge in [-0.15, -0.1) is 11.8 Å². The van der Waals surface area contributed by atoms with Crippen molar-refractivity contribution in [3.05, 3.63) is 59.7 Å². The molecule has 3 nitrogen and oxygen atoms in total. The Hall–Kier alpha value is -1.94. The molecule has 0 saturated heterocycles. The number of ether oxygens (including phenoxy) is 1. The van der Waals surface area contributed by atoms with Crippen LogP contribution in [0.4, 0.5) is 0 Å². The summed E-state index contributed by atoms with van der Waals surface area (Å²) in [7, 11) is 1.65.